The van der Waals surface area contributed by atoms with Gasteiger partial charge in [0.05, 0.1) is 11.5 Å². The number of aromatic amines is 1. The average molecular weight is 392 g/mol. The number of hydrogen-bond donors (Lipinski definition) is 2. The SMILES string of the molecule is O=c1[nH]c2ccc(NS(=O)(=O)c3ccc4c(c3)CCO4)cc2c2ccccc12. The highest BCUT2D eigenvalue weighted by Crippen LogP contribution is 2.29. The van der Waals surface area contributed by atoms with Crippen LogP contribution in [0.5, 0.6) is 5.75 Å². The Labute approximate surface area is 160 Å². The Morgan fingerprint density at radius 1 is 0.929 bits per heavy atom. The van der Waals surface area contributed by atoms with Crippen molar-refractivity contribution in [1.82, 2.24) is 4.98 Å². The molecule has 1 aliphatic heterocycles. The van der Waals surface area contributed by atoms with Crippen molar-refractivity contribution in [3.8, 4) is 5.75 Å². The quantitative estimate of drug-likeness (QED) is 0.523. The first kappa shape index (κ1) is 16.8. The van der Waals surface area contributed by atoms with Gasteiger partial charge in [-0.3, -0.25) is 9.52 Å². The topological polar surface area (TPSA) is 88.3 Å². The fourth-order valence-corrected chi connectivity index (χ4v) is 4.69. The highest BCUT2D eigenvalue weighted by molar-refractivity contribution is 7.92. The Bertz CT molecular complexity index is 1410. The number of pyridine rings is 1. The number of ether oxygens (including phenoxy) is 1. The van der Waals surface area contributed by atoms with Crippen molar-refractivity contribution in [3.05, 3.63) is 76.6 Å². The minimum atomic E-state index is -3.74. The molecule has 0 amide bonds. The lowest BCUT2D eigenvalue weighted by Crippen LogP contribution is -2.13. The molecule has 28 heavy (non-hydrogen) atoms. The third-order valence-electron chi connectivity index (χ3n) is 4.95. The Balaban J connectivity index is 1.59. The van der Waals surface area contributed by atoms with Gasteiger partial charge in [-0.05, 0) is 53.4 Å². The van der Waals surface area contributed by atoms with E-state index < -0.39 is 10.0 Å². The maximum Gasteiger partial charge on any atom is 0.261 e. The molecule has 0 aliphatic carbocycles. The van der Waals surface area contributed by atoms with Gasteiger partial charge in [0, 0.05) is 28.4 Å². The normalized spacial score (nSPS) is 13.4. The fraction of sp³-hybridized carbons (Fsp3) is 0.0952. The van der Waals surface area contributed by atoms with Crippen LogP contribution < -0.4 is 15.0 Å². The summed E-state index contributed by atoms with van der Waals surface area (Å²) in [7, 11) is -3.74. The summed E-state index contributed by atoms with van der Waals surface area (Å²) in [4.78, 5) is 15.2. The average Bonchev–Trinajstić information content (AvgIpc) is 3.16. The maximum atomic E-state index is 12.8. The number of benzene rings is 3. The van der Waals surface area contributed by atoms with Crippen LogP contribution in [-0.4, -0.2) is 20.0 Å². The molecule has 2 N–H and O–H groups in total. The fourth-order valence-electron chi connectivity index (χ4n) is 3.59. The minimum Gasteiger partial charge on any atom is -0.493 e. The maximum absolute atomic E-state index is 12.8. The lowest BCUT2D eigenvalue weighted by atomic mass is 10.1. The zero-order valence-electron chi connectivity index (χ0n) is 14.7. The van der Waals surface area contributed by atoms with Crippen LogP contribution in [0.25, 0.3) is 21.7 Å². The van der Waals surface area contributed by atoms with E-state index in [4.69, 9.17) is 4.74 Å². The predicted molar refractivity (Wildman–Crippen MR) is 109 cm³/mol. The van der Waals surface area contributed by atoms with Gasteiger partial charge in [-0.1, -0.05) is 18.2 Å². The third-order valence-corrected chi connectivity index (χ3v) is 6.33. The van der Waals surface area contributed by atoms with Gasteiger partial charge >= 0.3 is 0 Å². The second kappa shape index (κ2) is 6.10. The van der Waals surface area contributed by atoms with Gasteiger partial charge in [0.15, 0.2) is 0 Å². The first-order valence-electron chi connectivity index (χ1n) is 8.85. The van der Waals surface area contributed by atoms with Crippen LogP contribution in [0.1, 0.15) is 5.56 Å². The van der Waals surface area contributed by atoms with Crippen molar-refractivity contribution in [2.24, 2.45) is 0 Å². The molecule has 140 valence electrons. The molecule has 0 radical (unpaired) electrons. The summed E-state index contributed by atoms with van der Waals surface area (Å²) in [6, 6.07) is 17.2. The molecule has 0 fully saturated rings. The second-order valence-corrected chi connectivity index (χ2v) is 8.42. The molecule has 0 spiro atoms. The van der Waals surface area contributed by atoms with E-state index in [0.717, 1.165) is 22.1 Å². The van der Waals surface area contributed by atoms with E-state index in [0.29, 0.717) is 29.6 Å². The summed E-state index contributed by atoms with van der Waals surface area (Å²) in [5.74, 6) is 0.736. The van der Waals surface area contributed by atoms with Crippen LogP contribution in [0, 0.1) is 0 Å². The highest BCUT2D eigenvalue weighted by Gasteiger charge is 2.19. The first-order valence-corrected chi connectivity index (χ1v) is 10.3. The molecule has 1 aromatic heterocycles. The number of anilines is 1. The van der Waals surface area contributed by atoms with Crippen LogP contribution in [0.3, 0.4) is 0 Å². The van der Waals surface area contributed by atoms with E-state index in [1.807, 2.05) is 12.1 Å². The summed E-state index contributed by atoms with van der Waals surface area (Å²) < 4.78 is 33.8. The Morgan fingerprint density at radius 2 is 1.75 bits per heavy atom. The molecule has 0 bridgehead atoms. The molecule has 3 aromatic carbocycles. The molecule has 1 aliphatic rings. The van der Waals surface area contributed by atoms with E-state index in [2.05, 4.69) is 9.71 Å². The third kappa shape index (κ3) is 2.71. The van der Waals surface area contributed by atoms with Gasteiger partial charge in [-0.25, -0.2) is 8.42 Å². The van der Waals surface area contributed by atoms with Gasteiger partial charge in [0.1, 0.15) is 5.75 Å². The summed E-state index contributed by atoms with van der Waals surface area (Å²) in [6.45, 7) is 0.572. The molecule has 7 heteroatoms. The Kier molecular flexibility index (Phi) is 3.67. The largest absolute Gasteiger partial charge is 0.493 e. The second-order valence-electron chi connectivity index (χ2n) is 6.73. The van der Waals surface area contributed by atoms with Crippen molar-refractivity contribution < 1.29 is 13.2 Å². The zero-order chi connectivity index (χ0) is 19.3. The van der Waals surface area contributed by atoms with Crippen molar-refractivity contribution >= 4 is 37.4 Å². The van der Waals surface area contributed by atoms with Gasteiger partial charge in [-0.2, -0.15) is 0 Å². The Morgan fingerprint density at radius 3 is 2.61 bits per heavy atom. The molecule has 0 atom stereocenters. The first-order chi connectivity index (χ1) is 13.5. The van der Waals surface area contributed by atoms with Crippen LogP contribution in [0.4, 0.5) is 5.69 Å². The number of H-pyrrole nitrogens is 1. The highest BCUT2D eigenvalue weighted by atomic mass is 32.2. The Hall–Kier alpha value is -3.32. The molecule has 2 heterocycles. The van der Waals surface area contributed by atoms with Crippen LogP contribution in [0.15, 0.2) is 70.4 Å². The summed E-state index contributed by atoms with van der Waals surface area (Å²) in [5.41, 5.74) is 1.81. The molecule has 0 saturated carbocycles. The lowest BCUT2D eigenvalue weighted by Gasteiger charge is -2.11. The van der Waals surface area contributed by atoms with E-state index in [1.54, 1.807) is 48.5 Å². The van der Waals surface area contributed by atoms with Crippen molar-refractivity contribution in [1.29, 1.82) is 0 Å². The molecular weight excluding hydrogens is 376 g/mol. The zero-order valence-corrected chi connectivity index (χ0v) is 15.5. The predicted octanol–water partition coefficient (Wildman–Crippen LogP) is 3.42. The van der Waals surface area contributed by atoms with Crippen molar-refractivity contribution in [2.75, 3.05) is 11.3 Å². The van der Waals surface area contributed by atoms with E-state index in [-0.39, 0.29) is 10.5 Å². The lowest BCUT2D eigenvalue weighted by molar-refractivity contribution is 0.356. The van der Waals surface area contributed by atoms with Crippen molar-refractivity contribution in [2.45, 2.75) is 11.3 Å². The number of sulfonamides is 1. The van der Waals surface area contributed by atoms with Gasteiger partial charge < -0.3 is 9.72 Å². The summed E-state index contributed by atoms with van der Waals surface area (Å²) >= 11 is 0. The summed E-state index contributed by atoms with van der Waals surface area (Å²) in [6.07, 6.45) is 0.702. The summed E-state index contributed by atoms with van der Waals surface area (Å²) in [5, 5.41) is 2.11. The van der Waals surface area contributed by atoms with Crippen molar-refractivity contribution in [3.63, 3.8) is 0 Å². The van der Waals surface area contributed by atoms with Gasteiger partial charge in [0.25, 0.3) is 15.6 Å². The van der Waals surface area contributed by atoms with Crippen LogP contribution in [-0.2, 0) is 16.4 Å². The van der Waals surface area contributed by atoms with Gasteiger partial charge in [-0.15, -0.1) is 0 Å². The van der Waals surface area contributed by atoms with E-state index >= 15 is 0 Å². The minimum absolute atomic E-state index is 0.170. The molecule has 5 rings (SSSR count). The van der Waals surface area contributed by atoms with Crippen LogP contribution >= 0.6 is 0 Å². The smallest absolute Gasteiger partial charge is 0.261 e. The number of nitrogens with one attached hydrogen (secondary N) is 2. The number of fused-ring (bicyclic) bond motifs is 4. The molecule has 6 nitrogen and oxygen atoms in total. The molecular formula is C21H16N2O4S. The molecule has 0 unspecified atom stereocenters. The van der Waals surface area contributed by atoms with Gasteiger partial charge in [0.2, 0.25) is 0 Å². The number of aromatic nitrogens is 1. The standard InChI is InChI=1S/C21H16N2O4S/c24-21-17-4-2-1-3-16(17)18-12-14(5-7-19(18)22-21)23-28(25,26)15-6-8-20-13(11-15)9-10-27-20/h1-8,11-12,23H,9-10H2,(H,22,24). The number of hydrogen-bond acceptors (Lipinski definition) is 4. The van der Waals surface area contributed by atoms with Crippen LogP contribution in [0.2, 0.25) is 0 Å². The number of rotatable bonds is 3. The monoisotopic (exact) mass is 392 g/mol. The molecule has 0 saturated heterocycles. The van der Waals surface area contributed by atoms with E-state index in [9.17, 15) is 13.2 Å². The molecule has 4 aromatic rings. The van der Waals surface area contributed by atoms with E-state index in [1.165, 1.54) is 0 Å².